The van der Waals surface area contributed by atoms with Crippen LogP contribution in [-0.2, 0) is 9.53 Å². The molecular formula is C13H22N2O2. The van der Waals surface area contributed by atoms with E-state index in [4.69, 9.17) is 4.74 Å². The molecule has 0 radical (unpaired) electrons. The lowest BCUT2D eigenvalue weighted by Gasteiger charge is -2.36. The monoisotopic (exact) mass is 238 g/mol. The van der Waals surface area contributed by atoms with Gasteiger partial charge in [0.1, 0.15) is 0 Å². The molecule has 1 amide bonds. The molecule has 0 bridgehead atoms. The highest BCUT2D eigenvalue weighted by atomic mass is 16.5. The molecule has 4 nitrogen and oxygen atoms in total. The Balaban J connectivity index is 1.67. The number of carbonyl (C=O) groups excluding carboxylic acids is 1. The van der Waals surface area contributed by atoms with Gasteiger partial charge in [-0.05, 0) is 45.1 Å². The van der Waals surface area contributed by atoms with Crippen molar-refractivity contribution in [2.45, 2.75) is 56.7 Å². The largest absolute Gasteiger partial charge is 0.381 e. The Bertz CT molecular complexity index is 279. The molecule has 0 aromatic heterocycles. The first-order valence-electron chi connectivity index (χ1n) is 6.99. The number of hydrogen-bond acceptors (Lipinski definition) is 3. The van der Waals surface area contributed by atoms with Crippen LogP contribution in [0.1, 0.15) is 38.5 Å². The highest BCUT2D eigenvalue weighted by Gasteiger charge is 2.40. The summed E-state index contributed by atoms with van der Waals surface area (Å²) in [6.45, 7) is 2.64. The lowest BCUT2D eigenvalue weighted by molar-refractivity contribution is -0.138. The maximum atomic E-state index is 12.5. The molecule has 3 rings (SSSR count). The molecule has 1 N–H and O–H groups in total. The smallest absolute Gasteiger partial charge is 0.240 e. The van der Waals surface area contributed by atoms with E-state index in [1.165, 1.54) is 12.8 Å². The second kappa shape index (κ2) is 4.94. The summed E-state index contributed by atoms with van der Waals surface area (Å²) in [4.78, 5) is 14.7. The van der Waals surface area contributed by atoms with Crippen LogP contribution in [0.15, 0.2) is 0 Å². The van der Waals surface area contributed by atoms with E-state index in [-0.39, 0.29) is 6.04 Å². The lowest BCUT2D eigenvalue weighted by atomic mass is 10.0. The fraction of sp³-hybridized carbons (Fsp3) is 0.923. The molecule has 0 aromatic carbocycles. The molecule has 1 aliphatic carbocycles. The summed E-state index contributed by atoms with van der Waals surface area (Å²) >= 11 is 0. The van der Waals surface area contributed by atoms with Gasteiger partial charge >= 0.3 is 0 Å². The molecule has 2 aliphatic heterocycles. The van der Waals surface area contributed by atoms with Crippen LogP contribution in [0.5, 0.6) is 0 Å². The second-order valence-electron chi connectivity index (χ2n) is 5.47. The average molecular weight is 238 g/mol. The van der Waals surface area contributed by atoms with Gasteiger partial charge in [-0.25, -0.2) is 0 Å². The quantitative estimate of drug-likeness (QED) is 0.794. The molecule has 96 valence electrons. The summed E-state index contributed by atoms with van der Waals surface area (Å²) < 4.78 is 5.40. The molecule has 1 atom stereocenters. The van der Waals surface area contributed by atoms with Crippen molar-refractivity contribution in [3.05, 3.63) is 0 Å². The third kappa shape index (κ3) is 2.47. The van der Waals surface area contributed by atoms with Gasteiger partial charge in [0, 0.05) is 25.3 Å². The maximum absolute atomic E-state index is 12.5. The van der Waals surface area contributed by atoms with Gasteiger partial charge in [-0.3, -0.25) is 4.79 Å². The van der Waals surface area contributed by atoms with Crippen LogP contribution in [0.2, 0.25) is 0 Å². The van der Waals surface area contributed by atoms with Crippen LogP contribution in [0.25, 0.3) is 0 Å². The van der Waals surface area contributed by atoms with Gasteiger partial charge in [-0.2, -0.15) is 0 Å². The topological polar surface area (TPSA) is 41.6 Å². The summed E-state index contributed by atoms with van der Waals surface area (Å²) in [6, 6.07) is 1.07. The molecule has 3 aliphatic rings. The number of nitrogens with one attached hydrogen (secondary N) is 1. The Kier molecular flexibility index (Phi) is 3.34. The SMILES string of the molecule is O=C([C@H]1CCCN1)N(C1CCOCC1)C1CC1. The van der Waals surface area contributed by atoms with Crippen molar-refractivity contribution < 1.29 is 9.53 Å². The van der Waals surface area contributed by atoms with E-state index in [2.05, 4.69) is 10.2 Å². The summed E-state index contributed by atoms with van der Waals surface area (Å²) in [5.41, 5.74) is 0. The summed E-state index contributed by atoms with van der Waals surface area (Å²) in [6.07, 6.45) is 6.61. The van der Waals surface area contributed by atoms with E-state index in [0.717, 1.165) is 45.4 Å². The number of nitrogens with zero attached hydrogens (tertiary/aromatic N) is 1. The van der Waals surface area contributed by atoms with Crippen molar-refractivity contribution in [3.63, 3.8) is 0 Å². The van der Waals surface area contributed by atoms with Crippen molar-refractivity contribution in [1.82, 2.24) is 10.2 Å². The number of rotatable bonds is 3. The predicted octanol–water partition coefficient (Wildman–Crippen LogP) is 0.908. The fourth-order valence-corrected chi connectivity index (χ4v) is 3.05. The standard InChI is InChI=1S/C13H22N2O2/c16-13(12-2-1-7-14-12)15(10-3-4-10)11-5-8-17-9-6-11/h10-12,14H,1-9H2/t12-/m1/s1. The van der Waals surface area contributed by atoms with Gasteiger partial charge in [0.25, 0.3) is 0 Å². The molecule has 0 unspecified atom stereocenters. The van der Waals surface area contributed by atoms with Gasteiger partial charge in [0.15, 0.2) is 0 Å². The highest BCUT2D eigenvalue weighted by Crippen LogP contribution is 2.32. The molecule has 4 heteroatoms. The molecular weight excluding hydrogens is 216 g/mol. The molecule has 0 aromatic rings. The third-order valence-electron chi connectivity index (χ3n) is 4.14. The first-order chi connectivity index (χ1) is 8.36. The molecule has 0 spiro atoms. The minimum atomic E-state index is 0.0958. The van der Waals surface area contributed by atoms with Crippen LogP contribution >= 0.6 is 0 Å². The minimum Gasteiger partial charge on any atom is -0.381 e. The van der Waals surface area contributed by atoms with Gasteiger partial charge < -0.3 is 15.0 Å². The van der Waals surface area contributed by atoms with Crippen molar-refractivity contribution >= 4 is 5.91 Å². The first-order valence-corrected chi connectivity index (χ1v) is 6.99. The molecule has 3 fully saturated rings. The second-order valence-corrected chi connectivity index (χ2v) is 5.47. The van der Waals surface area contributed by atoms with E-state index >= 15 is 0 Å². The van der Waals surface area contributed by atoms with Gasteiger partial charge in [-0.1, -0.05) is 0 Å². The van der Waals surface area contributed by atoms with Crippen molar-refractivity contribution in [3.8, 4) is 0 Å². The Labute approximate surface area is 103 Å². The Morgan fingerprint density at radius 1 is 1.06 bits per heavy atom. The average Bonchev–Trinajstić information content (AvgIpc) is 3.04. The summed E-state index contributed by atoms with van der Waals surface area (Å²) in [7, 11) is 0. The van der Waals surface area contributed by atoms with Crippen molar-refractivity contribution in [2.24, 2.45) is 0 Å². The maximum Gasteiger partial charge on any atom is 0.240 e. The Morgan fingerprint density at radius 3 is 2.35 bits per heavy atom. The summed E-state index contributed by atoms with van der Waals surface area (Å²) in [5.74, 6) is 0.358. The van der Waals surface area contributed by atoms with Crippen LogP contribution in [0.3, 0.4) is 0 Å². The van der Waals surface area contributed by atoms with Crippen LogP contribution < -0.4 is 5.32 Å². The fourth-order valence-electron chi connectivity index (χ4n) is 3.05. The third-order valence-corrected chi connectivity index (χ3v) is 4.14. The zero-order valence-electron chi connectivity index (χ0n) is 10.4. The molecule has 1 saturated carbocycles. The van der Waals surface area contributed by atoms with Gasteiger partial charge in [0.2, 0.25) is 5.91 Å². The van der Waals surface area contributed by atoms with E-state index in [0.29, 0.717) is 18.0 Å². The predicted molar refractivity (Wildman–Crippen MR) is 64.7 cm³/mol. The van der Waals surface area contributed by atoms with Crippen molar-refractivity contribution in [2.75, 3.05) is 19.8 Å². The van der Waals surface area contributed by atoms with E-state index < -0.39 is 0 Å². The van der Waals surface area contributed by atoms with Crippen molar-refractivity contribution in [1.29, 1.82) is 0 Å². The zero-order valence-corrected chi connectivity index (χ0v) is 10.4. The number of hydrogen-bond donors (Lipinski definition) is 1. The minimum absolute atomic E-state index is 0.0958. The summed E-state index contributed by atoms with van der Waals surface area (Å²) in [5, 5.41) is 3.34. The van der Waals surface area contributed by atoms with Crippen LogP contribution in [-0.4, -0.2) is 48.7 Å². The number of amides is 1. The lowest BCUT2D eigenvalue weighted by Crippen LogP contribution is -2.51. The van der Waals surface area contributed by atoms with Crippen LogP contribution in [0, 0.1) is 0 Å². The van der Waals surface area contributed by atoms with Crippen LogP contribution in [0.4, 0.5) is 0 Å². The molecule has 2 heterocycles. The zero-order chi connectivity index (χ0) is 11.7. The normalized spacial score (nSPS) is 30.5. The Morgan fingerprint density at radius 2 is 1.76 bits per heavy atom. The van der Waals surface area contributed by atoms with E-state index in [1.54, 1.807) is 0 Å². The Hall–Kier alpha value is -0.610. The number of carbonyl (C=O) groups is 1. The number of ether oxygens (including phenoxy) is 1. The van der Waals surface area contributed by atoms with E-state index in [9.17, 15) is 4.79 Å². The first kappa shape index (κ1) is 11.5. The van der Waals surface area contributed by atoms with Gasteiger partial charge in [0.05, 0.1) is 6.04 Å². The molecule has 2 saturated heterocycles. The van der Waals surface area contributed by atoms with E-state index in [1.807, 2.05) is 0 Å². The van der Waals surface area contributed by atoms with Gasteiger partial charge in [-0.15, -0.1) is 0 Å². The highest BCUT2D eigenvalue weighted by molar-refractivity contribution is 5.83. The molecule has 17 heavy (non-hydrogen) atoms.